The van der Waals surface area contributed by atoms with Crippen molar-refractivity contribution in [2.45, 2.75) is 31.3 Å². The standard InChI is InChI=1S/C14H17BrN2O/c1-17(2)9-11-4-5-12(8-13(11)15)14(16-10-18)6-3-7-14/h4-5,8H,3,6-7,9H2,1-2H3. The molecule has 0 unspecified atom stereocenters. The maximum absolute atomic E-state index is 10.6. The molecule has 0 aliphatic heterocycles. The highest BCUT2D eigenvalue weighted by atomic mass is 79.9. The molecule has 18 heavy (non-hydrogen) atoms. The SMILES string of the molecule is CN(C)Cc1ccc(C2(N=C=O)CCC2)cc1Br. The van der Waals surface area contributed by atoms with Crippen LogP contribution in [0.5, 0.6) is 0 Å². The van der Waals surface area contributed by atoms with Crippen molar-refractivity contribution < 1.29 is 4.79 Å². The number of halogens is 1. The number of isocyanates is 1. The molecule has 0 saturated heterocycles. The lowest BCUT2D eigenvalue weighted by Gasteiger charge is -2.37. The second-order valence-electron chi connectivity index (χ2n) is 5.13. The number of hydrogen-bond donors (Lipinski definition) is 0. The van der Waals surface area contributed by atoms with Crippen molar-refractivity contribution in [3.8, 4) is 0 Å². The van der Waals surface area contributed by atoms with Crippen LogP contribution in [0.1, 0.15) is 30.4 Å². The van der Waals surface area contributed by atoms with E-state index in [1.807, 2.05) is 14.1 Å². The Bertz CT molecular complexity index is 489. The highest BCUT2D eigenvalue weighted by Gasteiger charge is 2.39. The zero-order valence-corrected chi connectivity index (χ0v) is 12.3. The Morgan fingerprint density at radius 2 is 2.17 bits per heavy atom. The molecule has 0 spiro atoms. The van der Waals surface area contributed by atoms with Gasteiger partial charge < -0.3 is 4.90 Å². The highest BCUT2D eigenvalue weighted by Crippen LogP contribution is 2.45. The average Bonchev–Trinajstić information content (AvgIpc) is 2.26. The van der Waals surface area contributed by atoms with E-state index in [-0.39, 0.29) is 5.54 Å². The smallest absolute Gasteiger partial charge is 0.235 e. The van der Waals surface area contributed by atoms with E-state index in [0.717, 1.165) is 35.8 Å². The normalized spacial score (nSPS) is 17.1. The number of rotatable bonds is 4. The Hall–Kier alpha value is -0.960. The van der Waals surface area contributed by atoms with Gasteiger partial charge in [0.05, 0.1) is 5.54 Å². The van der Waals surface area contributed by atoms with Gasteiger partial charge in [-0.05, 0) is 50.6 Å². The van der Waals surface area contributed by atoms with Gasteiger partial charge in [-0.15, -0.1) is 0 Å². The molecule has 0 atom stereocenters. The third-order valence-corrected chi connectivity index (χ3v) is 4.26. The van der Waals surface area contributed by atoms with Gasteiger partial charge in [0, 0.05) is 11.0 Å². The fraction of sp³-hybridized carbons (Fsp3) is 0.500. The maximum Gasteiger partial charge on any atom is 0.235 e. The monoisotopic (exact) mass is 308 g/mol. The Kier molecular flexibility index (Phi) is 4.00. The van der Waals surface area contributed by atoms with E-state index in [1.165, 1.54) is 5.56 Å². The molecule has 0 amide bonds. The first kappa shape index (κ1) is 13.5. The first-order valence-corrected chi connectivity index (χ1v) is 6.89. The molecule has 1 aliphatic rings. The average molecular weight is 309 g/mol. The van der Waals surface area contributed by atoms with Crippen LogP contribution >= 0.6 is 15.9 Å². The maximum atomic E-state index is 10.6. The largest absolute Gasteiger partial charge is 0.305 e. The minimum absolute atomic E-state index is 0.305. The molecule has 2 rings (SSSR count). The molecule has 3 nitrogen and oxygen atoms in total. The van der Waals surface area contributed by atoms with Crippen LogP contribution in [0, 0.1) is 0 Å². The predicted molar refractivity (Wildman–Crippen MR) is 75.2 cm³/mol. The molecule has 1 aromatic rings. The molecule has 96 valence electrons. The molecule has 1 aliphatic carbocycles. The van der Waals surface area contributed by atoms with Crippen LogP contribution in [0.2, 0.25) is 0 Å². The van der Waals surface area contributed by atoms with E-state index in [9.17, 15) is 4.79 Å². The minimum atomic E-state index is -0.305. The van der Waals surface area contributed by atoms with Gasteiger partial charge in [-0.2, -0.15) is 4.99 Å². The molecule has 1 aromatic carbocycles. The van der Waals surface area contributed by atoms with Gasteiger partial charge in [-0.25, -0.2) is 4.79 Å². The van der Waals surface area contributed by atoms with E-state index >= 15 is 0 Å². The number of aliphatic imine (C=N–C) groups is 1. The summed E-state index contributed by atoms with van der Waals surface area (Å²) in [6.45, 7) is 0.894. The van der Waals surface area contributed by atoms with Gasteiger partial charge in [0.25, 0.3) is 0 Å². The predicted octanol–water partition coefficient (Wildman–Crippen LogP) is 3.23. The number of nitrogens with zero attached hydrogens (tertiary/aromatic N) is 2. The van der Waals surface area contributed by atoms with Crippen LogP contribution in [0.25, 0.3) is 0 Å². The van der Waals surface area contributed by atoms with E-state index in [4.69, 9.17) is 0 Å². The van der Waals surface area contributed by atoms with Gasteiger partial charge in [0.1, 0.15) is 0 Å². The summed E-state index contributed by atoms with van der Waals surface area (Å²) < 4.78 is 1.08. The minimum Gasteiger partial charge on any atom is -0.305 e. The van der Waals surface area contributed by atoms with Crippen LogP contribution in [0.4, 0.5) is 0 Å². The van der Waals surface area contributed by atoms with Crippen molar-refractivity contribution in [3.05, 3.63) is 33.8 Å². The molecular formula is C14H17BrN2O. The molecule has 0 heterocycles. The van der Waals surface area contributed by atoms with Crippen molar-refractivity contribution >= 4 is 22.0 Å². The summed E-state index contributed by atoms with van der Waals surface area (Å²) >= 11 is 3.61. The van der Waals surface area contributed by atoms with E-state index in [1.54, 1.807) is 6.08 Å². The first-order valence-electron chi connectivity index (χ1n) is 6.10. The lowest BCUT2D eigenvalue weighted by atomic mass is 9.72. The van der Waals surface area contributed by atoms with E-state index in [0.29, 0.717) is 0 Å². The van der Waals surface area contributed by atoms with Gasteiger partial charge in [0.15, 0.2) is 0 Å². The van der Waals surface area contributed by atoms with Crippen molar-refractivity contribution in [1.29, 1.82) is 0 Å². The Morgan fingerprint density at radius 1 is 1.44 bits per heavy atom. The van der Waals surface area contributed by atoms with Gasteiger partial charge >= 0.3 is 0 Å². The summed E-state index contributed by atoms with van der Waals surface area (Å²) in [5.41, 5.74) is 2.06. The van der Waals surface area contributed by atoms with Crippen LogP contribution in [0.3, 0.4) is 0 Å². The van der Waals surface area contributed by atoms with Crippen LogP contribution in [-0.2, 0) is 16.9 Å². The second-order valence-corrected chi connectivity index (χ2v) is 5.99. The summed E-state index contributed by atoms with van der Waals surface area (Å²) in [5.74, 6) is 0. The quantitative estimate of drug-likeness (QED) is 0.632. The summed E-state index contributed by atoms with van der Waals surface area (Å²) in [5, 5.41) is 0. The molecule has 0 N–H and O–H groups in total. The molecule has 1 fully saturated rings. The van der Waals surface area contributed by atoms with Crippen molar-refractivity contribution in [3.63, 3.8) is 0 Å². The van der Waals surface area contributed by atoms with E-state index in [2.05, 4.69) is 44.0 Å². The van der Waals surface area contributed by atoms with Gasteiger partial charge in [-0.3, -0.25) is 0 Å². The number of carbonyl (C=O) groups excluding carboxylic acids is 1. The molecule has 4 heteroatoms. The third kappa shape index (κ3) is 2.56. The summed E-state index contributed by atoms with van der Waals surface area (Å²) in [4.78, 5) is 16.7. The molecule has 0 bridgehead atoms. The molecule has 1 saturated carbocycles. The lowest BCUT2D eigenvalue weighted by Crippen LogP contribution is -2.31. The number of benzene rings is 1. The van der Waals surface area contributed by atoms with Gasteiger partial charge in [-0.1, -0.05) is 28.1 Å². The van der Waals surface area contributed by atoms with Gasteiger partial charge in [0.2, 0.25) is 6.08 Å². The zero-order chi connectivity index (χ0) is 13.2. The zero-order valence-electron chi connectivity index (χ0n) is 10.7. The fourth-order valence-electron chi connectivity index (χ4n) is 2.37. The van der Waals surface area contributed by atoms with Crippen molar-refractivity contribution in [2.24, 2.45) is 4.99 Å². The van der Waals surface area contributed by atoms with Crippen molar-refractivity contribution in [2.75, 3.05) is 14.1 Å². The second kappa shape index (κ2) is 5.35. The highest BCUT2D eigenvalue weighted by molar-refractivity contribution is 9.10. The fourth-order valence-corrected chi connectivity index (χ4v) is 2.87. The Labute approximate surface area is 116 Å². The summed E-state index contributed by atoms with van der Waals surface area (Å²) in [6, 6.07) is 6.29. The summed E-state index contributed by atoms with van der Waals surface area (Å²) in [7, 11) is 4.09. The van der Waals surface area contributed by atoms with Crippen molar-refractivity contribution in [1.82, 2.24) is 4.90 Å². The molecule has 0 aromatic heterocycles. The third-order valence-electron chi connectivity index (χ3n) is 3.52. The van der Waals surface area contributed by atoms with E-state index < -0.39 is 0 Å². The Morgan fingerprint density at radius 3 is 2.61 bits per heavy atom. The Balaban J connectivity index is 2.31. The topological polar surface area (TPSA) is 32.7 Å². The lowest BCUT2D eigenvalue weighted by molar-refractivity contribution is 0.255. The molecule has 0 radical (unpaired) electrons. The molecular weight excluding hydrogens is 292 g/mol. The number of hydrogen-bond acceptors (Lipinski definition) is 3. The first-order chi connectivity index (χ1) is 8.57. The van der Waals surface area contributed by atoms with Crippen LogP contribution in [0.15, 0.2) is 27.7 Å². The van der Waals surface area contributed by atoms with Crippen LogP contribution in [-0.4, -0.2) is 25.1 Å². The van der Waals surface area contributed by atoms with Crippen LogP contribution < -0.4 is 0 Å². The summed E-state index contributed by atoms with van der Waals surface area (Å²) in [6.07, 6.45) is 4.75.